The second-order valence-electron chi connectivity index (χ2n) is 4.20. The summed E-state index contributed by atoms with van der Waals surface area (Å²) in [6, 6.07) is 2.92. The highest BCUT2D eigenvalue weighted by Gasteiger charge is 2.13. The summed E-state index contributed by atoms with van der Waals surface area (Å²) in [7, 11) is -3.57. The minimum Gasteiger partial charge on any atom is -0.308 e. The minimum atomic E-state index is -3.57. The molecule has 0 aliphatic heterocycles. The molecule has 2 rings (SSSR count). The van der Waals surface area contributed by atoms with Crippen molar-refractivity contribution >= 4 is 15.8 Å². The number of aryl methyl sites for hydroxylation is 1. The van der Waals surface area contributed by atoms with Crippen LogP contribution in [0.5, 0.6) is 0 Å². The number of nitrogens with one attached hydrogen (secondary N) is 2. The summed E-state index contributed by atoms with van der Waals surface area (Å²) in [5.74, 6) is 5.57. The molecule has 0 amide bonds. The van der Waals surface area contributed by atoms with Gasteiger partial charge in [0, 0.05) is 18.9 Å². The first kappa shape index (κ1) is 14.4. The van der Waals surface area contributed by atoms with E-state index < -0.39 is 10.0 Å². The second-order valence-corrected chi connectivity index (χ2v) is 5.97. The SMILES string of the molecule is Cc1cnn(CCNS(=O)(=O)c2ccc(NN)nc2)c1. The summed E-state index contributed by atoms with van der Waals surface area (Å²) >= 11 is 0. The number of hydrogen-bond acceptors (Lipinski definition) is 6. The molecule has 0 aliphatic rings. The van der Waals surface area contributed by atoms with Crippen LogP contribution in [-0.2, 0) is 16.6 Å². The summed E-state index contributed by atoms with van der Waals surface area (Å²) in [6.45, 7) is 2.63. The highest BCUT2D eigenvalue weighted by atomic mass is 32.2. The molecule has 2 aromatic heterocycles. The Morgan fingerprint density at radius 3 is 2.70 bits per heavy atom. The normalized spacial score (nSPS) is 11.5. The lowest BCUT2D eigenvalue weighted by Gasteiger charge is -2.07. The maximum absolute atomic E-state index is 12.0. The van der Waals surface area contributed by atoms with Crippen LogP contribution in [0.25, 0.3) is 0 Å². The predicted octanol–water partition coefficient (Wildman–Crippen LogP) is -0.149. The summed E-state index contributed by atoms with van der Waals surface area (Å²) in [6.07, 6.45) is 4.81. The maximum Gasteiger partial charge on any atom is 0.242 e. The molecule has 8 nitrogen and oxygen atoms in total. The van der Waals surface area contributed by atoms with Crippen LogP contribution in [0, 0.1) is 6.92 Å². The molecule has 0 atom stereocenters. The standard InChI is InChI=1S/C11H16N6O2S/c1-9-6-14-17(8-9)5-4-15-20(18,19)10-2-3-11(16-12)13-7-10/h2-3,6-8,15H,4-5,12H2,1H3,(H,13,16). The van der Waals surface area contributed by atoms with E-state index in [-0.39, 0.29) is 11.4 Å². The highest BCUT2D eigenvalue weighted by molar-refractivity contribution is 7.89. The van der Waals surface area contributed by atoms with Gasteiger partial charge in [-0.15, -0.1) is 0 Å². The molecule has 0 saturated heterocycles. The van der Waals surface area contributed by atoms with Crippen molar-refractivity contribution in [3.63, 3.8) is 0 Å². The van der Waals surface area contributed by atoms with Crippen molar-refractivity contribution in [1.29, 1.82) is 0 Å². The lowest BCUT2D eigenvalue weighted by Crippen LogP contribution is -2.27. The van der Waals surface area contributed by atoms with Crippen LogP contribution in [0.2, 0.25) is 0 Å². The molecule has 0 aliphatic carbocycles. The van der Waals surface area contributed by atoms with Crippen molar-refractivity contribution in [2.45, 2.75) is 18.4 Å². The van der Waals surface area contributed by atoms with Crippen molar-refractivity contribution in [2.75, 3.05) is 12.0 Å². The van der Waals surface area contributed by atoms with E-state index in [1.54, 1.807) is 10.9 Å². The van der Waals surface area contributed by atoms with E-state index in [0.717, 1.165) is 5.56 Å². The molecule has 0 saturated carbocycles. The Morgan fingerprint density at radius 2 is 2.15 bits per heavy atom. The van der Waals surface area contributed by atoms with Crippen molar-refractivity contribution in [3.05, 3.63) is 36.3 Å². The number of hydrazine groups is 1. The average Bonchev–Trinajstić information content (AvgIpc) is 2.84. The first-order chi connectivity index (χ1) is 9.51. The van der Waals surface area contributed by atoms with E-state index in [0.29, 0.717) is 12.4 Å². The van der Waals surface area contributed by atoms with Crippen LogP contribution >= 0.6 is 0 Å². The van der Waals surface area contributed by atoms with E-state index in [4.69, 9.17) is 5.84 Å². The average molecular weight is 296 g/mol. The van der Waals surface area contributed by atoms with Gasteiger partial charge < -0.3 is 5.43 Å². The van der Waals surface area contributed by atoms with Crippen LogP contribution in [0.15, 0.2) is 35.6 Å². The number of nitrogen functional groups attached to an aromatic ring is 1. The number of sulfonamides is 1. The highest BCUT2D eigenvalue weighted by Crippen LogP contribution is 2.09. The molecular weight excluding hydrogens is 280 g/mol. The third-order valence-corrected chi connectivity index (χ3v) is 4.04. The molecule has 0 spiro atoms. The van der Waals surface area contributed by atoms with E-state index >= 15 is 0 Å². The Hall–Kier alpha value is -1.97. The predicted molar refractivity (Wildman–Crippen MR) is 74.2 cm³/mol. The Morgan fingerprint density at radius 1 is 1.35 bits per heavy atom. The molecule has 0 aromatic carbocycles. The molecule has 0 radical (unpaired) electrons. The van der Waals surface area contributed by atoms with Crippen LogP contribution in [0.3, 0.4) is 0 Å². The fourth-order valence-electron chi connectivity index (χ4n) is 1.59. The zero-order chi connectivity index (χ0) is 14.6. The van der Waals surface area contributed by atoms with Crippen molar-refractivity contribution in [1.82, 2.24) is 19.5 Å². The molecule has 20 heavy (non-hydrogen) atoms. The van der Waals surface area contributed by atoms with Crippen LogP contribution in [-0.4, -0.2) is 29.7 Å². The number of nitrogens with two attached hydrogens (primary N) is 1. The Bertz CT molecular complexity index is 664. The molecule has 2 heterocycles. The smallest absolute Gasteiger partial charge is 0.242 e. The number of pyridine rings is 1. The Kier molecular flexibility index (Phi) is 4.32. The summed E-state index contributed by atoms with van der Waals surface area (Å²) in [5, 5.41) is 4.08. The molecule has 2 aromatic rings. The van der Waals surface area contributed by atoms with E-state index in [2.05, 4.69) is 20.2 Å². The maximum atomic E-state index is 12.0. The van der Waals surface area contributed by atoms with Crippen LogP contribution < -0.4 is 16.0 Å². The monoisotopic (exact) mass is 296 g/mol. The van der Waals surface area contributed by atoms with Gasteiger partial charge in [0.25, 0.3) is 0 Å². The van der Waals surface area contributed by atoms with Gasteiger partial charge in [-0.05, 0) is 24.6 Å². The lowest BCUT2D eigenvalue weighted by atomic mass is 10.4. The fourth-order valence-corrected chi connectivity index (χ4v) is 2.56. The van der Waals surface area contributed by atoms with Gasteiger partial charge in [0.1, 0.15) is 10.7 Å². The zero-order valence-electron chi connectivity index (χ0n) is 10.9. The van der Waals surface area contributed by atoms with Crippen molar-refractivity contribution in [2.24, 2.45) is 5.84 Å². The first-order valence-corrected chi connectivity index (χ1v) is 7.41. The zero-order valence-corrected chi connectivity index (χ0v) is 11.8. The molecule has 0 fully saturated rings. The van der Waals surface area contributed by atoms with E-state index in [1.807, 2.05) is 13.1 Å². The van der Waals surface area contributed by atoms with Gasteiger partial charge in [0.05, 0.1) is 12.7 Å². The summed E-state index contributed by atoms with van der Waals surface area (Å²) < 4.78 is 28.2. The Labute approximate surface area is 117 Å². The number of aromatic nitrogens is 3. The van der Waals surface area contributed by atoms with Gasteiger partial charge in [0.2, 0.25) is 10.0 Å². The first-order valence-electron chi connectivity index (χ1n) is 5.92. The summed E-state index contributed by atoms with van der Waals surface area (Å²) in [4.78, 5) is 3.95. The topological polar surface area (TPSA) is 115 Å². The van der Waals surface area contributed by atoms with Crippen molar-refractivity contribution in [3.8, 4) is 0 Å². The van der Waals surface area contributed by atoms with Crippen LogP contribution in [0.4, 0.5) is 5.82 Å². The number of rotatable bonds is 6. The number of anilines is 1. The van der Waals surface area contributed by atoms with Gasteiger partial charge in [-0.1, -0.05) is 0 Å². The minimum absolute atomic E-state index is 0.0909. The van der Waals surface area contributed by atoms with Gasteiger partial charge in [-0.3, -0.25) is 4.68 Å². The van der Waals surface area contributed by atoms with E-state index in [1.165, 1.54) is 18.3 Å². The van der Waals surface area contributed by atoms with Gasteiger partial charge in [0.15, 0.2) is 0 Å². The Balaban J connectivity index is 1.96. The largest absolute Gasteiger partial charge is 0.308 e. The second kappa shape index (κ2) is 5.99. The van der Waals surface area contributed by atoms with Crippen molar-refractivity contribution < 1.29 is 8.42 Å². The molecule has 4 N–H and O–H groups in total. The van der Waals surface area contributed by atoms with Gasteiger partial charge in [-0.25, -0.2) is 24.0 Å². The van der Waals surface area contributed by atoms with E-state index in [9.17, 15) is 8.42 Å². The molecule has 9 heteroatoms. The third kappa shape index (κ3) is 3.53. The fraction of sp³-hybridized carbons (Fsp3) is 0.273. The molecular formula is C11H16N6O2S. The van der Waals surface area contributed by atoms with Gasteiger partial charge >= 0.3 is 0 Å². The molecule has 0 bridgehead atoms. The quantitative estimate of drug-likeness (QED) is 0.504. The lowest BCUT2D eigenvalue weighted by molar-refractivity contribution is 0.560. The molecule has 0 unspecified atom stereocenters. The summed E-state index contributed by atoms with van der Waals surface area (Å²) in [5.41, 5.74) is 3.36. The van der Waals surface area contributed by atoms with Gasteiger partial charge in [-0.2, -0.15) is 5.10 Å². The number of nitrogens with zero attached hydrogens (tertiary/aromatic N) is 3. The molecule has 108 valence electrons. The number of hydrogen-bond donors (Lipinski definition) is 3. The third-order valence-electron chi connectivity index (χ3n) is 2.59. The van der Waals surface area contributed by atoms with Crippen LogP contribution in [0.1, 0.15) is 5.56 Å².